The second kappa shape index (κ2) is 31.9. The van der Waals surface area contributed by atoms with Gasteiger partial charge in [-0.25, -0.2) is 4.79 Å². The van der Waals surface area contributed by atoms with Crippen molar-refractivity contribution in [3.05, 3.63) is 0 Å². The topological polar surface area (TPSA) is 125 Å². The number of terminal acetylenes is 1. The first-order valence-electron chi connectivity index (χ1n) is 12.8. The zero-order valence-electron chi connectivity index (χ0n) is 24.6. The molecule has 0 spiro atoms. The molecule has 0 bridgehead atoms. The van der Waals surface area contributed by atoms with Crippen molar-refractivity contribution in [1.82, 2.24) is 0 Å². The zero-order valence-corrected chi connectivity index (χ0v) is 29.5. The molecule has 0 aliphatic rings. The molecule has 0 radical (unpaired) electrons. The summed E-state index contributed by atoms with van der Waals surface area (Å²) in [5.41, 5.74) is 0. The third-order valence-corrected chi connectivity index (χ3v) is 5.18. The normalized spacial score (nSPS) is 9.29. The van der Waals surface area contributed by atoms with Gasteiger partial charge in [-0.2, -0.15) is 0 Å². The number of hydrogen-bond donors (Lipinski definition) is 0. The van der Waals surface area contributed by atoms with E-state index in [1.165, 1.54) is 38.5 Å². The average molecular weight is 609 g/mol. The molecular weight excluding hydrogens is 577 g/mol. The Morgan fingerprint density at radius 2 is 1.17 bits per heavy atom. The van der Waals surface area contributed by atoms with Crippen molar-refractivity contribution in [2.75, 3.05) is 13.2 Å². The van der Waals surface area contributed by atoms with Crippen molar-refractivity contribution in [3.63, 3.8) is 0 Å². The Morgan fingerprint density at radius 3 is 1.64 bits per heavy atom. The molecule has 0 rings (SSSR count). The van der Waals surface area contributed by atoms with Gasteiger partial charge in [-0.1, -0.05) is 64.7 Å². The molecule has 0 fully saturated rings. The number of rotatable bonds is 17. The van der Waals surface area contributed by atoms with Gasteiger partial charge in [-0.3, -0.25) is 4.79 Å². The second-order valence-corrected chi connectivity index (χ2v) is 9.18. The van der Waals surface area contributed by atoms with E-state index < -0.39 is 39.1 Å². The van der Waals surface area contributed by atoms with Gasteiger partial charge in [0.2, 0.25) is 0 Å². The average Bonchev–Trinajstić information content (AvgIpc) is 2.91. The summed E-state index contributed by atoms with van der Waals surface area (Å²) < 4.78 is 24.9. The summed E-state index contributed by atoms with van der Waals surface area (Å²) >= 11 is 0. The molecule has 8 nitrogen and oxygen atoms in total. The molecule has 0 aliphatic carbocycles. The number of carbonyl (C=O) groups is 2. The number of ether oxygens (including phenoxy) is 2. The van der Waals surface area contributed by atoms with Crippen LogP contribution in [0.15, 0.2) is 0 Å². The first-order chi connectivity index (χ1) is 19.3. The number of esters is 2. The van der Waals surface area contributed by atoms with Gasteiger partial charge >= 0.3 is 71.1 Å². The van der Waals surface area contributed by atoms with Crippen LogP contribution >= 0.6 is 7.82 Å². The Hall–Kier alpha value is -2.03. The van der Waals surface area contributed by atoms with Crippen LogP contribution in [0, 0.1) is 83.4 Å². The van der Waals surface area contributed by atoms with Crippen LogP contribution in [0.5, 0.6) is 0 Å². The van der Waals surface area contributed by atoms with Gasteiger partial charge in [-0.05, 0) is 77.5 Å². The van der Waals surface area contributed by atoms with E-state index in [-0.39, 0.29) is 65.5 Å². The van der Waals surface area contributed by atoms with Crippen molar-refractivity contribution in [3.8, 4) is 83.4 Å². The molecular formula is C31H31Na2O8P. The maximum absolute atomic E-state index is 12.1. The Bertz CT molecular complexity index is 1280. The molecule has 0 N–H and O–H groups in total. The SMILES string of the molecule is C#CC#CC#CC#CC#CC#CC#CC(=O)OC[C@@H](COP(=O)([O-])[O-])OC(=O)CCCCCCCCCCCC.[Na+].[Na+]. The summed E-state index contributed by atoms with van der Waals surface area (Å²) in [4.78, 5) is 45.5. The Kier molecular flexibility index (Phi) is 33.7. The molecule has 0 aromatic rings. The van der Waals surface area contributed by atoms with E-state index in [0.29, 0.717) is 6.42 Å². The standard InChI is InChI=1S/C31H33O8P.2Na/c1-3-5-7-9-11-13-15-16-18-19-21-23-25-30(32)37-27-29(28-38-40(34,35)36)39-31(33)26-24-22-20-17-14-12-10-8-6-4-2;;/h1,29H,4,6,8,10,12,14,17,20,22,24,26-28H2,2H3,(H2,34,35,36);;/q;2*+1/p-2/t29-;;/m0../s1. The number of hydrogen-bond acceptors (Lipinski definition) is 8. The van der Waals surface area contributed by atoms with E-state index in [4.69, 9.17) is 15.9 Å². The molecule has 0 unspecified atom stereocenters. The molecule has 210 valence electrons. The molecule has 0 aliphatic heterocycles. The maximum Gasteiger partial charge on any atom is 1.00 e. The van der Waals surface area contributed by atoms with Gasteiger partial charge < -0.3 is 28.3 Å². The summed E-state index contributed by atoms with van der Waals surface area (Å²) in [5, 5.41) is 0. The maximum atomic E-state index is 12.1. The minimum Gasteiger partial charge on any atom is -0.790 e. The van der Waals surface area contributed by atoms with Crippen molar-refractivity contribution in [2.24, 2.45) is 0 Å². The molecule has 42 heavy (non-hydrogen) atoms. The summed E-state index contributed by atoms with van der Waals surface area (Å²) in [7, 11) is -5.32. The van der Waals surface area contributed by atoms with Gasteiger partial charge in [0.05, 0.1) is 14.4 Å². The molecule has 1 atom stereocenters. The Morgan fingerprint density at radius 1 is 0.714 bits per heavy atom. The molecule has 0 aromatic heterocycles. The predicted octanol–water partition coefficient (Wildman–Crippen LogP) is -3.74. The van der Waals surface area contributed by atoms with Crippen LogP contribution < -0.4 is 68.9 Å². The molecule has 0 heterocycles. The van der Waals surface area contributed by atoms with Crippen LogP contribution in [0.3, 0.4) is 0 Å². The fourth-order valence-corrected chi connectivity index (χ4v) is 3.25. The van der Waals surface area contributed by atoms with Crippen molar-refractivity contribution in [1.29, 1.82) is 0 Å². The van der Waals surface area contributed by atoms with Crippen LogP contribution in [-0.4, -0.2) is 31.3 Å². The van der Waals surface area contributed by atoms with Crippen LogP contribution in [-0.2, 0) is 28.2 Å². The molecule has 0 saturated heterocycles. The Labute approximate surface area is 294 Å². The first-order valence-corrected chi connectivity index (χ1v) is 14.2. The minimum absolute atomic E-state index is 0. The van der Waals surface area contributed by atoms with E-state index in [0.717, 1.165) is 19.3 Å². The smallest absolute Gasteiger partial charge is 0.790 e. The second-order valence-electron chi connectivity index (χ2n) is 8.03. The summed E-state index contributed by atoms with van der Waals surface area (Å²) in [6.07, 6.45) is 14.7. The molecule has 0 amide bonds. The fraction of sp³-hybridized carbons (Fsp3) is 0.484. The predicted molar refractivity (Wildman–Crippen MR) is 146 cm³/mol. The number of phosphoric ester groups is 1. The van der Waals surface area contributed by atoms with E-state index >= 15 is 0 Å². The fourth-order valence-electron chi connectivity index (χ4n) is 2.90. The van der Waals surface area contributed by atoms with Crippen molar-refractivity contribution in [2.45, 2.75) is 83.7 Å². The summed E-state index contributed by atoms with van der Waals surface area (Å²) in [6, 6.07) is 0. The monoisotopic (exact) mass is 608 g/mol. The van der Waals surface area contributed by atoms with E-state index in [9.17, 15) is 23.9 Å². The quantitative estimate of drug-likeness (QED) is 0.0412. The Balaban J connectivity index is -0.00000760. The summed E-state index contributed by atoms with van der Waals surface area (Å²) in [6.45, 7) is 0.836. The molecule has 0 aromatic carbocycles. The van der Waals surface area contributed by atoms with Crippen molar-refractivity contribution >= 4 is 19.8 Å². The number of unbranched alkanes of at least 4 members (excludes halogenated alkanes) is 9. The van der Waals surface area contributed by atoms with Gasteiger partial charge in [0, 0.05) is 12.3 Å². The third-order valence-electron chi connectivity index (χ3n) is 4.71. The van der Waals surface area contributed by atoms with E-state index in [1.54, 1.807) is 0 Å². The first kappa shape index (κ1) is 44.4. The van der Waals surface area contributed by atoms with Crippen molar-refractivity contribution < 1.29 is 97.1 Å². The molecule has 0 saturated carbocycles. The number of carbonyl (C=O) groups excluding carboxylic acids is 2. The largest absolute Gasteiger partial charge is 1.00 e. The van der Waals surface area contributed by atoms with Crippen LogP contribution in [0.2, 0.25) is 0 Å². The minimum atomic E-state index is -5.32. The van der Waals surface area contributed by atoms with Crippen LogP contribution in [0.1, 0.15) is 77.6 Å². The molecule has 11 heteroatoms. The van der Waals surface area contributed by atoms with Gasteiger partial charge in [0.25, 0.3) is 0 Å². The van der Waals surface area contributed by atoms with Gasteiger partial charge in [0.1, 0.15) is 6.61 Å². The van der Waals surface area contributed by atoms with Crippen LogP contribution in [0.4, 0.5) is 0 Å². The van der Waals surface area contributed by atoms with Crippen LogP contribution in [0.25, 0.3) is 0 Å². The van der Waals surface area contributed by atoms with Gasteiger partial charge in [-0.15, -0.1) is 6.42 Å². The van der Waals surface area contributed by atoms with Gasteiger partial charge in [0.15, 0.2) is 6.10 Å². The summed E-state index contributed by atoms with van der Waals surface area (Å²) in [5.74, 6) is 28.4. The number of phosphoric acid groups is 1. The third kappa shape index (κ3) is 34.2. The zero-order chi connectivity index (χ0) is 29.7. The van der Waals surface area contributed by atoms with E-state index in [1.807, 2.05) is 0 Å². The van der Waals surface area contributed by atoms with E-state index in [2.05, 4.69) is 88.4 Å².